The van der Waals surface area contributed by atoms with Crippen LogP contribution in [0, 0.1) is 5.82 Å². The van der Waals surface area contributed by atoms with E-state index in [2.05, 4.69) is 26.7 Å². The van der Waals surface area contributed by atoms with Crippen molar-refractivity contribution in [3.05, 3.63) is 41.8 Å². The number of piperidine rings is 1. The molecular formula is C20H27FN4O. The number of nitrogens with zero attached hydrogens (tertiary/aromatic N) is 4. The summed E-state index contributed by atoms with van der Waals surface area (Å²) in [5.41, 5.74) is 1.78. The molecule has 26 heavy (non-hydrogen) atoms. The van der Waals surface area contributed by atoms with Gasteiger partial charge in [0.2, 0.25) is 0 Å². The summed E-state index contributed by atoms with van der Waals surface area (Å²) in [7, 11) is 2.15. The molecule has 2 saturated heterocycles. The highest BCUT2D eigenvalue weighted by atomic mass is 19.1. The first-order valence-corrected chi connectivity index (χ1v) is 9.47. The number of pyridine rings is 1. The lowest BCUT2D eigenvalue weighted by Gasteiger charge is -2.44. The molecule has 0 unspecified atom stereocenters. The molecule has 1 N–H and O–H groups in total. The topological polar surface area (TPSA) is 42.8 Å². The minimum atomic E-state index is -0.318. The molecule has 2 aliphatic rings. The van der Waals surface area contributed by atoms with E-state index >= 15 is 0 Å². The average molecular weight is 358 g/mol. The molecule has 5 nitrogen and oxygen atoms in total. The van der Waals surface area contributed by atoms with E-state index in [1.807, 2.05) is 12.1 Å². The Bertz CT molecular complexity index is 763. The molecule has 3 heterocycles. The summed E-state index contributed by atoms with van der Waals surface area (Å²) in [6, 6.07) is 8.84. The Labute approximate surface area is 154 Å². The summed E-state index contributed by atoms with van der Waals surface area (Å²) in [6.07, 6.45) is 0.672. The Morgan fingerprint density at radius 3 is 2.69 bits per heavy atom. The standard InChI is InChI=1S/C20H27FN4O/c1-23-8-10-25(11-9-23)19-6-7-24(14-20(19)26)13-17-4-2-15-12-16(21)3-5-18(15)22-17/h2-5,12,19-20,26H,6-11,13-14H2,1H3/t19-,20-/m1/s1. The van der Waals surface area contributed by atoms with Gasteiger partial charge in [0.25, 0.3) is 0 Å². The van der Waals surface area contributed by atoms with Crippen molar-refractivity contribution in [3.63, 3.8) is 0 Å². The highest BCUT2D eigenvalue weighted by molar-refractivity contribution is 5.78. The van der Waals surface area contributed by atoms with Crippen LogP contribution in [0.3, 0.4) is 0 Å². The van der Waals surface area contributed by atoms with Crippen molar-refractivity contribution in [1.29, 1.82) is 0 Å². The molecular weight excluding hydrogens is 331 g/mol. The number of rotatable bonds is 3. The van der Waals surface area contributed by atoms with Crippen LogP contribution in [0.5, 0.6) is 0 Å². The number of β-amino-alcohol motifs (C(OH)–C–C–N with tert-alkyl or cyclic N) is 1. The van der Waals surface area contributed by atoms with E-state index in [1.165, 1.54) is 12.1 Å². The zero-order chi connectivity index (χ0) is 18.1. The molecule has 6 heteroatoms. The molecule has 1 aromatic carbocycles. The maximum absolute atomic E-state index is 13.3. The van der Waals surface area contributed by atoms with Crippen LogP contribution < -0.4 is 0 Å². The van der Waals surface area contributed by atoms with Crippen LogP contribution in [0.25, 0.3) is 10.9 Å². The molecule has 0 saturated carbocycles. The quantitative estimate of drug-likeness (QED) is 0.902. The first kappa shape index (κ1) is 17.8. The van der Waals surface area contributed by atoms with Gasteiger partial charge in [-0.1, -0.05) is 6.07 Å². The van der Waals surface area contributed by atoms with E-state index in [0.29, 0.717) is 6.54 Å². The number of aromatic nitrogens is 1. The van der Waals surface area contributed by atoms with Crippen LogP contribution in [-0.2, 0) is 6.54 Å². The maximum atomic E-state index is 13.3. The average Bonchev–Trinajstić information content (AvgIpc) is 2.63. The molecule has 4 rings (SSSR count). The van der Waals surface area contributed by atoms with Gasteiger partial charge in [-0.25, -0.2) is 4.39 Å². The fourth-order valence-electron chi connectivity index (χ4n) is 4.16. The van der Waals surface area contributed by atoms with Crippen LogP contribution in [0.1, 0.15) is 12.1 Å². The van der Waals surface area contributed by atoms with Crippen molar-refractivity contribution >= 4 is 10.9 Å². The minimum Gasteiger partial charge on any atom is -0.390 e. The molecule has 2 aromatic rings. The molecule has 0 spiro atoms. The van der Waals surface area contributed by atoms with Crippen LogP contribution >= 0.6 is 0 Å². The summed E-state index contributed by atoms with van der Waals surface area (Å²) >= 11 is 0. The monoisotopic (exact) mass is 358 g/mol. The van der Waals surface area contributed by atoms with E-state index in [4.69, 9.17) is 0 Å². The zero-order valence-electron chi connectivity index (χ0n) is 15.3. The molecule has 140 valence electrons. The first-order chi connectivity index (χ1) is 12.6. The largest absolute Gasteiger partial charge is 0.390 e. The van der Waals surface area contributed by atoms with Gasteiger partial charge in [-0.15, -0.1) is 0 Å². The normalized spacial score (nSPS) is 26.4. The Hall–Kier alpha value is -1.60. The second kappa shape index (κ2) is 7.56. The summed E-state index contributed by atoms with van der Waals surface area (Å²) in [4.78, 5) is 11.7. The van der Waals surface area contributed by atoms with E-state index in [-0.39, 0.29) is 18.0 Å². The smallest absolute Gasteiger partial charge is 0.123 e. The SMILES string of the molecule is CN1CCN([C@@H]2CCN(Cc3ccc4cc(F)ccc4n3)C[C@H]2O)CC1. The Kier molecular flexibility index (Phi) is 5.18. The second-order valence-corrected chi connectivity index (χ2v) is 7.64. The van der Waals surface area contributed by atoms with Gasteiger partial charge in [0.1, 0.15) is 5.82 Å². The van der Waals surface area contributed by atoms with E-state index in [9.17, 15) is 9.50 Å². The number of hydrogen-bond acceptors (Lipinski definition) is 5. The molecule has 0 aliphatic carbocycles. The summed E-state index contributed by atoms with van der Waals surface area (Å²) in [5.74, 6) is -0.235. The van der Waals surface area contributed by atoms with Gasteiger partial charge >= 0.3 is 0 Å². The van der Waals surface area contributed by atoms with Gasteiger partial charge in [-0.3, -0.25) is 14.8 Å². The molecule has 0 amide bonds. The van der Waals surface area contributed by atoms with Gasteiger partial charge in [0.15, 0.2) is 0 Å². The molecule has 2 atom stereocenters. The maximum Gasteiger partial charge on any atom is 0.123 e. The first-order valence-electron chi connectivity index (χ1n) is 9.47. The van der Waals surface area contributed by atoms with Crippen molar-refractivity contribution in [1.82, 2.24) is 19.7 Å². The van der Waals surface area contributed by atoms with E-state index < -0.39 is 0 Å². The lowest BCUT2D eigenvalue weighted by atomic mass is 9.99. The third-order valence-electron chi connectivity index (χ3n) is 5.73. The predicted molar refractivity (Wildman–Crippen MR) is 100 cm³/mol. The van der Waals surface area contributed by atoms with Crippen molar-refractivity contribution in [2.24, 2.45) is 0 Å². The number of aliphatic hydroxyl groups excluding tert-OH is 1. The third kappa shape index (κ3) is 3.88. The van der Waals surface area contributed by atoms with Crippen molar-refractivity contribution in [3.8, 4) is 0 Å². The second-order valence-electron chi connectivity index (χ2n) is 7.64. The van der Waals surface area contributed by atoms with Crippen molar-refractivity contribution in [2.75, 3.05) is 46.3 Å². The predicted octanol–water partition coefficient (Wildman–Crippen LogP) is 1.56. The Morgan fingerprint density at radius 2 is 1.92 bits per heavy atom. The Balaban J connectivity index is 1.37. The number of halogens is 1. The van der Waals surface area contributed by atoms with Gasteiger partial charge < -0.3 is 10.0 Å². The number of hydrogen-bond donors (Lipinski definition) is 1. The van der Waals surface area contributed by atoms with E-state index in [1.54, 1.807) is 6.07 Å². The van der Waals surface area contributed by atoms with Crippen LogP contribution in [0.4, 0.5) is 4.39 Å². The number of likely N-dealkylation sites (N-methyl/N-ethyl adjacent to an activating group) is 1. The van der Waals surface area contributed by atoms with Crippen molar-refractivity contribution < 1.29 is 9.50 Å². The van der Waals surface area contributed by atoms with Gasteiger partial charge in [-0.2, -0.15) is 0 Å². The summed E-state index contributed by atoms with van der Waals surface area (Å²) in [5, 5.41) is 11.5. The number of fused-ring (bicyclic) bond motifs is 1. The van der Waals surface area contributed by atoms with Gasteiger partial charge in [-0.05, 0) is 37.7 Å². The molecule has 1 aromatic heterocycles. The lowest BCUT2D eigenvalue weighted by Crippen LogP contribution is -2.58. The lowest BCUT2D eigenvalue weighted by molar-refractivity contribution is -0.0288. The highest BCUT2D eigenvalue weighted by Gasteiger charge is 2.33. The van der Waals surface area contributed by atoms with Crippen LogP contribution in [0.2, 0.25) is 0 Å². The molecule has 2 aliphatic heterocycles. The third-order valence-corrected chi connectivity index (χ3v) is 5.73. The van der Waals surface area contributed by atoms with Gasteiger partial charge in [0.05, 0.1) is 17.3 Å². The number of benzene rings is 1. The fraction of sp³-hybridized carbons (Fsp3) is 0.550. The molecule has 0 radical (unpaired) electrons. The van der Waals surface area contributed by atoms with Crippen LogP contribution in [-0.4, -0.2) is 83.3 Å². The molecule has 0 bridgehead atoms. The fourth-order valence-corrected chi connectivity index (χ4v) is 4.16. The number of piperazine rings is 1. The number of aliphatic hydroxyl groups is 1. The highest BCUT2D eigenvalue weighted by Crippen LogP contribution is 2.21. The molecule has 2 fully saturated rings. The minimum absolute atomic E-state index is 0.235. The number of likely N-dealkylation sites (tertiary alicyclic amines) is 1. The zero-order valence-corrected chi connectivity index (χ0v) is 15.3. The van der Waals surface area contributed by atoms with Crippen molar-refractivity contribution in [2.45, 2.75) is 25.1 Å². The summed E-state index contributed by atoms with van der Waals surface area (Å²) in [6.45, 7) is 6.61. The van der Waals surface area contributed by atoms with Crippen LogP contribution in [0.15, 0.2) is 30.3 Å². The Morgan fingerprint density at radius 1 is 1.12 bits per heavy atom. The van der Waals surface area contributed by atoms with Gasteiger partial charge in [0, 0.05) is 57.2 Å². The summed E-state index contributed by atoms with van der Waals surface area (Å²) < 4.78 is 13.3. The van der Waals surface area contributed by atoms with E-state index in [0.717, 1.165) is 62.3 Å².